The predicted octanol–water partition coefficient (Wildman–Crippen LogP) is 5.66. The Morgan fingerprint density at radius 3 is 0.889 bits per heavy atom. The fraction of sp³-hybridized carbons (Fsp3) is 0.333. The summed E-state index contributed by atoms with van der Waals surface area (Å²) in [7, 11) is 0. The minimum Gasteiger partial charge on any atom is -0.508 e. The van der Waals surface area contributed by atoms with Crippen molar-refractivity contribution in [3.05, 3.63) is 54.6 Å². The van der Waals surface area contributed by atoms with Crippen molar-refractivity contribution < 1.29 is 44.8 Å². The highest BCUT2D eigenvalue weighted by Crippen LogP contribution is 2.27. The fourth-order valence-electron chi connectivity index (χ4n) is 2.61. The Balaban J connectivity index is 0.000000279. The molecule has 36 heavy (non-hydrogen) atoms. The number of phenols is 6. The lowest BCUT2D eigenvalue weighted by atomic mass is 10.3. The first kappa shape index (κ1) is 29.9. The third-order valence-electron chi connectivity index (χ3n) is 4.05. The predicted molar refractivity (Wildman–Crippen MR) is 137 cm³/mol. The fourth-order valence-corrected chi connectivity index (χ4v) is 2.61. The maximum absolute atomic E-state index is 9.43. The molecule has 6 N–H and O–H groups in total. The van der Waals surface area contributed by atoms with E-state index in [1.165, 1.54) is 18.2 Å². The normalized spacial score (nSPS) is 9.75. The molecule has 0 aliphatic rings. The molecule has 9 heteroatoms. The Labute approximate surface area is 211 Å². The largest absolute Gasteiger partial charge is 0.508 e. The van der Waals surface area contributed by atoms with E-state index in [2.05, 4.69) is 0 Å². The maximum Gasteiger partial charge on any atom is 0.126 e. The van der Waals surface area contributed by atoms with Gasteiger partial charge in [0.1, 0.15) is 51.7 Å². The van der Waals surface area contributed by atoms with Gasteiger partial charge in [0, 0.05) is 54.6 Å². The molecule has 0 saturated heterocycles. The molecule has 3 aromatic rings. The molecular weight excluding hydrogens is 468 g/mol. The van der Waals surface area contributed by atoms with Crippen LogP contribution in [0.2, 0.25) is 0 Å². The van der Waals surface area contributed by atoms with Gasteiger partial charge in [0.15, 0.2) is 0 Å². The van der Waals surface area contributed by atoms with Crippen molar-refractivity contribution in [3.8, 4) is 51.7 Å². The number of ether oxygens (including phenoxy) is 3. The van der Waals surface area contributed by atoms with Crippen molar-refractivity contribution in [1.29, 1.82) is 0 Å². The molecule has 0 unspecified atom stereocenters. The van der Waals surface area contributed by atoms with Crippen molar-refractivity contribution in [2.75, 3.05) is 19.8 Å². The van der Waals surface area contributed by atoms with E-state index in [4.69, 9.17) is 39.7 Å². The average molecular weight is 505 g/mol. The molecule has 9 nitrogen and oxygen atoms in total. The van der Waals surface area contributed by atoms with Crippen molar-refractivity contribution >= 4 is 0 Å². The molecule has 0 aliphatic carbocycles. The minimum absolute atomic E-state index is 0.0149. The second kappa shape index (κ2) is 16.5. The van der Waals surface area contributed by atoms with Crippen LogP contribution < -0.4 is 14.2 Å². The molecule has 0 aliphatic heterocycles. The first-order valence-corrected chi connectivity index (χ1v) is 11.6. The highest BCUT2D eigenvalue weighted by atomic mass is 16.5. The van der Waals surface area contributed by atoms with Gasteiger partial charge in [-0.2, -0.15) is 0 Å². The van der Waals surface area contributed by atoms with Crippen LogP contribution in [0.15, 0.2) is 54.6 Å². The number of phenolic OH excluding ortho intramolecular Hbond substituents is 6. The third kappa shape index (κ3) is 12.9. The summed E-state index contributed by atoms with van der Waals surface area (Å²) in [6.07, 6.45) is 2.79. The lowest BCUT2D eigenvalue weighted by Gasteiger charge is -2.09. The molecule has 0 bridgehead atoms. The van der Waals surface area contributed by atoms with Crippen LogP contribution in [0.25, 0.3) is 0 Å². The molecule has 0 heterocycles. The van der Waals surface area contributed by atoms with E-state index >= 15 is 0 Å². The molecular formula is C27H36O9. The molecule has 198 valence electrons. The van der Waals surface area contributed by atoms with Crippen LogP contribution in [-0.2, 0) is 0 Å². The van der Waals surface area contributed by atoms with E-state index in [-0.39, 0.29) is 34.5 Å². The van der Waals surface area contributed by atoms with Gasteiger partial charge in [0.05, 0.1) is 19.8 Å². The smallest absolute Gasteiger partial charge is 0.126 e. The van der Waals surface area contributed by atoms with Gasteiger partial charge in [-0.3, -0.25) is 0 Å². The van der Waals surface area contributed by atoms with E-state index in [1.807, 2.05) is 20.8 Å². The first-order chi connectivity index (χ1) is 17.2. The molecule has 3 rings (SSSR count). The van der Waals surface area contributed by atoms with E-state index in [1.54, 1.807) is 18.2 Å². The second-order valence-electron chi connectivity index (χ2n) is 7.60. The summed E-state index contributed by atoms with van der Waals surface area (Å²) in [6.45, 7) is 7.95. The molecule has 0 atom stereocenters. The summed E-state index contributed by atoms with van der Waals surface area (Å²) in [6, 6.07) is 12.6. The van der Waals surface area contributed by atoms with Gasteiger partial charge in [0.2, 0.25) is 0 Å². The number of benzene rings is 3. The van der Waals surface area contributed by atoms with E-state index < -0.39 is 0 Å². The second-order valence-corrected chi connectivity index (χ2v) is 7.60. The van der Waals surface area contributed by atoms with Gasteiger partial charge in [-0.05, 0) is 19.3 Å². The van der Waals surface area contributed by atoms with Crippen molar-refractivity contribution in [3.63, 3.8) is 0 Å². The van der Waals surface area contributed by atoms with Crippen LogP contribution in [0.3, 0.4) is 0 Å². The van der Waals surface area contributed by atoms with E-state index in [9.17, 15) is 5.11 Å². The third-order valence-corrected chi connectivity index (χ3v) is 4.05. The lowest BCUT2D eigenvalue weighted by Crippen LogP contribution is -1.97. The van der Waals surface area contributed by atoms with Gasteiger partial charge < -0.3 is 44.8 Å². The molecule has 0 spiro atoms. The molecule has 0 aromatic heterocycles. The van der Waals surface area contributed by atoms with Crippen molar-refractivity contribution in [2.45, 2.75) is 40.0 Å². The van der Waals surface area contributed by atoms with Gasteiger partial charge in [0.25, 0.3) is 0 Å². The number of hydrogen-bond acceptors (Lipinski definition) is 9. The molecule has 0 saturated carbocycles. The topological polar surface area (TPSA) is 149 Å². The Morgan fingerprint density at radius 1 is 0.389 bits per heavy atom. The average Bonchev–Trinajstić information content (AvgIpc) is 2.79. The molecule has 3 aromatic carbocycles. The van der Waals surface area contributed by atoms with Crippen molar-refractivity contribution in [1.82, 2.24) is 0 Å². The zero-order valence-electron chi connectivity index (χ0n) is 20.8. The highest BCUT2D eigenvalue weighted by molar-refractivity contribution is 5.42. The summed E-state index contributed by atoms with van der Waals surface area (Å²) in [5, 5.41) is 53.6. The van der Waals surface area contributed by atoms with Crippen LogP contribution in [0.5, 0.6) is 51.7 Å². The van der Waals surface area contributed by atoms with E-state index in [0.29, 0.717) is 37.1 Å². The van der Waals surface area contributed by atoms with Gasteiger partial charge in [-0.25, -0.2) is 0 Å². The summed E-state index contributed by atoms with van der Waals surface area (Å²) < 4.78 is 16.0. The van der Waals surface area contributed by atoms with Crippen LogP contribution in [0, 0.1) is 0 Å². The Kier molecular flexibility index (Phi) is 13.7. The quantitative estimate of drug-likeness (QED) is 0.217. The summed E-state index contributed by atoms with van der Waals surface area (Å²) in [5.41, 5.74) is 0. The van der Waals surface area contributed by atoms with Crippen LogP contribution in [0.1, 0.15) is 40.0 Å². The molecule has 0 fully saturated rings. The monoisotopic (exact) mass is 504 g/mol. The summed E-state index contributed by atoms with van der Waals surface area (Å²) >= 11 is 0. The van der Waals surface area contributed by atoms with Gasteiger partial charge >= 0.3 is 0 Å². The van der Waals surface area contributed by atoms with Crippen LogP contribution >= 0.6 is 0 Å². The number of hydrogen-bond donors (Lipinski definition) is 6. The summed E-state index contributed by atoms with van der Waals surface area (Å²) in [5.74, 6) is 1.57. The highest BCUT2D eigenvalue weighted by Gasteiger charge is 2.02. The van der Waals surface area contributed by atoms with Crippen molar-refractivity contribution in [2.24, 2.45) is 0 Å². The van der Waals surface area contributed by atoms with Crippen LogP contribution in [-0.4, -0.2) is 50.5 Å². The Bertz CT molecular complexity index is 941. The molecule has 0 amide bonds. The van der Waals surface area contributed by atoms with Gasteiger partial charge in [-0.1, -0.05) is 20.8 Å². The lowest BCUT2D eigenvalue weighted by molar-refractivity contribution is 0.298. The zero-order chi connectivity index (χ0) is 26.9. The SMILES string of the molecule is CCCOc1cc(O)cc(O)c1.CCCOc1cc(O)cc(OCCC)c1.Oc1cc(O)cc(O)c1. The van der Waals surface area contributed by atoms with E-state index in [0.717, 1.165) is 37.5 Å². The maximum atomic E-state index is 9.43. The summed E-state index contributed by atoms with van der Waals surface area (Å²) in [4.78, 5) is 0. The van der Waals surface area contributed by atoms with Gasteiger partial charge in [-0.15, -0.1) is 0 Å². The number of aromatic hydroxyl groups is 6. The zero-order valence-corrected chi connectivity index (χ0v) is 20.8. The Hall–Kier alpha value is -4.14. The first-order valence-electron chi connectivity index (χ1n) is 11.6. The minimum atomic E-state index is -0.146. The van der Waals surface area contributed by atoms with Crippen LogP contribution in [0.4, 0.5) is 0 Å². The number of rotatable bonds is 9. The standard InChI is InChI=1S/C12H18O3.C9H12O3.C6H6O3/c1-3-5-14-11-7-10(13)8-12(9-11)15-6-4-2;1-2-3-12-9-5-7(10)4-8(11)6-9;7-4-1-5(8)3-6(9)2-4/h7-9,13H,3-6H2,1-2H3;4-6,10-11H,2-3H2,1H3;1-3,7-9H. The molecule has 0 radical (unpaired) electrons. The Morgan fingerprint density at radius 2 is 0.611 bits per heavy atom.